The lowest BCUT2D eigenvalue weighted by Gasteiger charge is -2.16. The zero-order valence-corrected chi connectivity index (χ0v) is 10.2. The highest BCUT2D eigenvalue weighted by Gasteiger charge is 2.15. The molecule has 3 N–H and O–H groups in total. The summed E-state index contributed by atoms with van der Waals surface area (Å²) in [5.41, 5.74) is 1.55. The number of benzene rings is 1. The molecule has 0 radical (unpaired) electrons. The van der Waals surface area contributed by atoms with Gasteiger partial charge in [-0.05, 0) is 25.1 Å². The number of rotatable bonds is 2. The predicted molar refractivity (Wildman–Crippen MR) is 70.0 cm³/mol. The first-order valence-corrected chi connectivity index (χ1v) is 6.08. The van der Waals surface area contributed by atoms with Gasteiger partial charge in [-0.15, -0.1) is 0 Å². The Morgan fingerprint density at radius 3 is 3.00 bits per heavy atom. The van der Waals surface area contributed by atoms with Crippen LogP contribution in [0.5, 0.6) is 0 Å². The number of anilines is 2. The van der Waals surface area contributed by atoms with Gasteiger partial charge in [-0.1, -0.05) is 12.1 Å². The molecular weight excluding hydrogens is 247 g/mol. The molecule has 1 aromatic heterocycles. The van der Waals surface area contributed by atoms with E-state index in [2.05, 4.69) is 20.6 Å². The van der Waals surface area contributed by atoms with Crippen LogP contribution in [-0.4, -0.2) is 16.5 Å². The highest BCUT2D eigenvalue weighted by molar-refractivity contribution is 5.54. The van der Waals surface area contributed by atoms with Gasteiger partial charge in [-0.2, -0.15) is 0 Å². The minimum atomic E-state index is -0.388. The molecule has 1 aliphatic heterocycles. The molecule has 1 aliphatic rings. The summed E-state index contributed by atoms with van der Waals surface area (Å²) in [4.78, 5) is 18.9. The fourth-order valence-corrected chi connectivity index (χ4v) is 2.12. The van der Waals surface area contributed by atoms with Crippen LogP contribution in [0.1, 0.15) is 11.3 Å². The SMILES string of the molecule is O=c1[nH]c(Nc2ccccc2F)nc2c1CCNC2. The van der Waals surface area contributed by atoms with Crippen LogP contribution in [0, 0.1) is 5.82 Å². The van der Waals surface area contributed by atoms with Gasteiger partial charge >= 0.3 is 0 Å². The van der Waals surface area contributed by atoms with Crippen molar-refractivity contribution in [3.8, 4) is 0 Å². The number of hydrogen-bond acceptors (Lipinski definition) is 4. The van der Waals surface area contributed by atoms with Gasteiger partial charge in [0.2, 0.25) is 5.95 Å². The zero-order valence-electron chi connectivity index (χ0n) is 10.2. The van der Waals surface area contributed by atoms with E-state index in [-0.39, 0.29) is 23.0 Å². The molecule has 0 fully saturated rings. The van der Waals surface area contributed by atoms with Gasteiger partial charge in [0, 0.05) is 12.1 Å². The van der Waals surface area contributed by atoms with Gasteiger partial charge in [0.25, 0.3) is 5.56 Å². The van der Waals surface area contributed by atoms with E-state index in [1.165, 1.54) is 6.07 Å². The Labute approximate surface area is 108 Å². The fraction of sp³-hybridized carbons (Fsp3) is 0.231. The Balaban J connectivity index is 1.96. The standard InChI is InChI=1S/C13H13FN4O/c14-9-3-1-2-4-10(9)16-13-17-11-7-15-6-5-8(11)12(19)18-13/h1-4,15H,5-7H2,(H2,16,17,18,19). The fourth-order valence-electron chi connectivity index (χ4n) is 2.12. The van der Waals surface area contributed by atoms with Crippen molar-refractivity contribution in [2.24, 2.45) is 0 Å². The Morgan fingerprint density at radius 1 is 1.32 bits per heavy atom. The third-order valence-electron chi connectivity index (χ3n) is 3.07. The summed E-state index contributed by atoms with van der Waals surface area (Å²) in [7, 11) is 0. The molecule has 0 bridgehead atoms. The molecule has 98 valence electrons. The summed E-state index contributed by atoms with van der Waals surface area (Å²) in [6, 6.07) is 6.25. The quantitative estimate of drug-likeness (QED) is 0.761. The minimum absolute atomic E-state index is 0.162. The molecule has 3 rings (SSSR count). The number of hydrogen-bond donors (Lipinski definition) is 3. The van der Waals surface area contributed by atoms with Crippen molar-refractivity contribution >= 4 is 11.6 Å². The topological polar surface area (TPSA) is 69.8 Å². The Kier molecular flexibility index (Phi) is 3.00. The average molecular weight is 260 g/mol. The average Bonchev–Trinajstić information content (AvgIpc) is 2.42. The van der Waals surface area contributed by atoms with Crippen LogP contribution < -0.4 is 16.2 Å². The molecule has 2 heterocycles. The first-order valence-electron chi connectivity index (χ1n) is 6.08. The summed E-state index contributed by atoms with van der Waals surface area (Å²) in [6.07, 6.45) is 0.664. The van der Waals surface area contributed by atoms with Crippen molar-refractivity contribution in [1.29, 1.82) is 0 Å². The van der Waals surface area contributed by atoms with Crippen molar-refractivity contribution in [3.63, 3.8) is 0 Å². The Bertz CT molecular complexity index is 668. The molecule has 19 heavy (non-hydrogen) atoms. The molecule has 1 aromatic carbocycles. The summed E-state index contributed by atoms with van der Waals surface area (Å²) in [5, 5.41) is 5.95. The smallest absolute Gasteiger partial charge is 0.255 e. The van der Waals surface area contributed by atoms with Crippen molar-refractivity contribution in [2.45, 2.75) is 13.0 Å². The van der Waals surface area contributed by atoms with E-state index in [1.54, 1.807) is 18.2 Å². The van der Waals surface area contributed by atoms with Crippen molar-refractivity contribution in [1.82, 2.24) is 15.3 Å². The first kappa shape index (κ1) is 11.9. The monoisotopic (exact) mass is 260 g/mol. The molecule has 6 heteroatoms. The van der Waals surface area contributed by atoms with Crippen LogP contribution in [0.25, 0.3) is 0 Å². The third kappa shape index (κ3) is 2.34. The second-order valence-electron chi connectivity index (χ2n) is 4.37. The van der Waals surface area contributed by atoms with Gasteiger partial charge in [-0.3, -0.25) is 9.78 Å². The maximum absolute atomic E-state index is 13.5. The normalized spacial score (nSPS) is 13.9. The number of nitrogens with zero attached hydrogens (tertiary/aromatic N) is 1. The molecule has 0 spiro atoms. The number of halogens is 1. The van der Waals surface area contributed by atoms with Gasteiger partial charge in [0.15, 0.2) is 0 Å². The zero-order chi connectivity index (χ0) is 13.2. The molecule has 0 aliphatic carbocycles. The Hall–Kier alpha value is -2.21. The molecule has 0 atom stereocenters. The van der Waals surface area contributed by atoms with E-state index >= 15 is 0 Å². The number of aromatic nitrogens is 2. The van der Waals surface area contributed by atoms with Crippen LogP contribution in [0.15, 0.2) is 29.1 Å². The third-order valence-corrected chi connectivity index (χ3v) is 3.07. The van der Waals surface area contributed by atoms with Crippen LogP contribution in [0.3, 0.4) is 0 Å². The summed E-state index contributed by atoms with van der Waals surface area (Å²) in [5.74, 6) is -0.126. The molecular formula is C13H13FN4O. The van der Waals surface area contributed by atoms with E-state index in [0.29, 0.717) is 24.2 Å². The highest BCUT2D eigenvalue weighted by atomic mass is 19.1. The van der Waals surface area contributed by atoms with Gasteiger partial charge in [0.1, 0.15) is 5.82 Å². The molecule has 0 unspecified atom stereocenters. The lowest BCUT2D eigenvalue weighted by Crippen LogP contribution is -2.31. The van der Waals surface area contributed by atoms with E-state index in [4.69, 9.17) is 0 Å². The van der Waals surface area contributed by atoms with Crippen molar-refractivity contribution in [3.05, 3.63) is 51.7 Å². The largest absolute Gasteiger partial charge is 0.323 e. The van der Waals surface area contributed by atoms with Crippen LogP contribution >= 0.6 is 0 Å². The summed E-state index contributed by atoms with van der Waals surface area (Å²) < 4.78 is 13.5. The van der Waals surface area contributed by atoms with E-state index in [1.807, 2.05) is 0 Å². The molecule has 5 nitrogen and oxygen atoms in total. The summed E-state index contributed by atoms with van der Waals surface area (Å²) >= 11 is 0. The summed E-state index contributed by atoms with van der Waals surface area (Å²) in [6.45, 7) is 1.34. The van der Waals surface area contributed by atoms with Crippen molar-refractivity contribution < 1.29 is 4.39 Å². The predicted octanol–water partition coefficient (Wildman–Crippen LogP) is 1.30. The Morgan fingerprint density at radius 2 is 2.16 bits per heavy atom. The lowest BCUT2D eigenvalue weighted by molar-refractivity contribution is 0.618. The number of aromatic amines is 1. The second-order valence-corrected chi connectivity index (χ2v) is 4.37. The maximum atomic E-state index is 13.5. The van der Waals surface area contributed by atoms with E-state index in [0.717, 1.165) is 6.54 Å². The molecule has 0 saturated carbocycles. The first-order chi connectivity index (χ1) is 9.24. The van der Waals surface area contributed by atoms with E-state index < -0.39 is 0 Å². The second kappa shape index (κ2) is 4.81. The van der Waals surface area contributed by atoms with Gasteiger partial charge in [-0.25, -0.2) is 9.37 Å². The lowest BCUT2D eigenvalue weighted by atomic mass is 10.1. The highest BCUT2D eigenvalue weighted by Crippen LogP contribution is 2.17. The minimum Gasteiger partial charge on any atom is -0.323 e. The molecule has 2 aromatic rings. The number of H-pyrrole nitrogens is 1. The van der Waals surface area contributed by atoms with Crippen LogP contribution in [-0.2, 0) is 13.0 Å². The van der Waals surface area contributed by atoms with E-state index in [9.17, 15) is 9.18 Å². The van der Waals surface area contributed by atoms with Crippen LogP contribution in [0.4, 0.5) is 16.0 Å². The van der Waals surface area contributed by atoms with Gasteiger partial charge in [0.05, 0.1) is 11.4 Å². The molecule has 0 amide bonds. The van der Waals surface area contributed by atoms with Gasteiger partial charge < -0.3 is 10.6 Å². The molecule has 0 saturated heterocycles. The van der Waals surface area contributed by atoms with Crippen LogP contribution in [0.2, 0.25) is 0 Å². The maximum Gasteiger partial charge on any atom is 0.255 e. The van der Waals surface area contributed by atoms with Crippen molar-refractivity contribution in [2.75, 3.05) is 11.9 Å². The number of nitrogens with one attached hydrogen (secondary N) is 3. The number of fused-ring (bicyclic) bond motifs is 1. The number of para-hydroxylation sites is 1.